The minimum absolute atomic E-state index is 0.997. The highest BCUT2D eigenvalue weighted by molar-refractivity contribution is 6.46. The Hall–Kier alpha value is 0.177. The van der Waals surface area contributed by atoms with Crippen molar-refractivity contribution in [1.82, 2.24) is 0 Å². The van der Waals surface area contributed by atoms with Gasteiger partial charge in [-0.3, -0.25) is 0 Å². The third-order valence-electron chi connectivity index (χ3n) is 3.78. The van der Waals surface area contributed by atoms with Gasteiger partial charge in [0.25, 0.3) is 0 Å². The van der Waals surface area contributed by atoms with Crippen LogP contribution in [0.2, 0.25) is 13.1 Å². The Morgan fingerprint density at radius 1 is 0.722 bits per heavy atom. The molecule has 2 heteroatoms. The van der Waals surface area contributed by atoms with E-state index < -0.39 is 9.04 Å². The van der Waals surface area contributed by atoms with Gasteiger partial charge in [-0.1, -0.05) is 79.1 Å². The summed E-state index contributed by atoms with van der Waals surface area (Å²) in [6, 6.07) is 0. The molecule has 0 unspecified atom stereocenters. The molecule has 0 saturated heterocycles. The van der Waals surface area contributed by atoms with Crippen molar-refractivity contribution in [3.05, 3.63) is 0 Å². The van der Waals surface area contributed by atoms with E-state index in [9.17, 15) is 0 Å². The third-order valence-corrected chi connectivity index (χ3v) is 3.78. The first kappa shape index (κ1) is 20.5. The number of hydrogen-bond acceptors (Lipinski definition) is 1. The normalized spacial score (nSPS) is 11.0. The molecule has 0 spiro atoms. The first-order chi connectivity index (χ1) is 8.51. The van der Waals surface area contributed by atoms with Gasteiger partial charge in [0, 0.05) is 0 Å². The molecular weight excluding hydrogens is 236 g/mol. The largest absolute Gasteiger partial charge is 0.435 e. The van der Waals surface area contributed by atoms with E-state index in [1.807, 2.05) is 13.1 Å². The van der Waals surface area contributed by atoms with Crippen molar-refractivity contribution in [3.8, 4) is 0 Å². The van der Waals surface area contributed by atoms with Crippen LogP contribution in [0.5, 0.6) is 0 Å². The van der Waals surface area contributed by atoms with Crippen LogP contribution in [0.25, 0.3) is 0 Å². The van der Waals surface area contributed by atoms with Gasteiger partial charge in [0.15, 0.2) is 9.04 Å². The zero-order valence-corrected chi connectivity index (χ0v) is 15.0. The Balaban J connectivity index is 0. The van der Waals surface area contributed by atoms with E-state index in [0.717, 1.165) is 11.8 Å². The molecule has 0 heterocycles. The van der Waals surface area contributed by atoms with Crippen molar-refractivity contribution in [2.24, 2.45) is 11.8 Å². The van der Waals surface area contributed by atoms with Crippen LogP contribution in [0.15, 0.2) is 0 Å². The number of rotatable bonds is 9. The molecule has 0 atom stereocenters. The molecule has 0 aliphatic rings. The zero-order chi connectivity index (χ0) is 14.4. The van der Waals surface area contributed by atoms with Gasteiger partial charge in [0.05, 0.1) is 0 Å². The third kappa shape index (κ3) is 16.2. The van der Waals surface area contributed by atoms with Crippen molar-refractivity contribution >= 4 is 9.04 Å². The maximum Gasteiger partial charge on any atom is 0.166 e. The first-order valence-electron chi connectivity index (χ1n) is 8.19. The molecule has 0 aromatic carbocycles. The van der Waals surface area contributed by atoms with Gasteiger partial charge < -0.3 is 4.80 Å². The van der Waals surface area contributed by atoms with Gasteiger partial charge in [0.2, 0.25) is 0 Å². The number of unbranched alkanes of at least 4 members (excludes halogenated alkanes) is 1. The Labute approximate surface area is 118 Å². The molecule has 112 valence electrons. The molecule has 1 nitrogen and oxygen atoms in total. The van der Waals surface area contributed by atoms with E-state index in [2.05, 4.69) is 27.7 Å². The Kier molecular flexibility index (Phi) is 17.3. The lowest BCUT2D eigenvalue weighted by Crippen LogP contribution is -1.99. The smallest absolute Gasteiger partial charge is 0.166 e. The summed E-state index contributed by atoms with van der Waals surface area (Å²) in [5.41, 5.74) is 0. The second kappa shape index (κ2) is 15.2. The summed E-state index contributed by atoms with van der Waals surface area (Å²) < 4.78 is 0. The van der Waals surface area contributed by atoms with Crippen LogP contribution in [0.3, 0.4) is 0 Å². The molecule has 0 fully saturated rings. The van der Waals surface area contributed by atoms with E-state index >= 15 is 0 Å². The van der Waals surface area contributed by atoms with Crippen LogP contribution in [0.4, 0.5) is 0 Å². The van der Waals surface area contributed by atoms with Crippen LogP contribution in [0, 0.1) is 11.8 Å². The van der Waals surface area contributed by atoms with Gasteiger partial charge in [-0.2, -0.15) is 0 Å². The SMILES string of the molecule is CCC(CC)CCCCC(CC)CC.C[SiH](C)O. The van der Waals surface area contributed by atoms with E-state index in [1.54, 1.807) is 0 Å². The van der Waals surface area contributed by atoms with Gasteiger partial charge in [-0.25, -0.2) is 0 Å². The molecule has 0 bridgehead atoms. The lowest BCUT2D eigenvalue weighted by molar-refractivity contribution is 0.391. The standard InChI is InChI=1S/C14H30.C2H8OSi/c1-5-13(6-2)11-9-10-12-14(7-3)8-4;1-4(2)3/h13-14H,5-12H2,1-4H3;3-4H,1-2H3. The Morgan fingerprint density at radius 2 is 0.944 bits per heavy atom. The molecule has 18 heavy (non-hydrogen) atoms. The van der Waals surface area contributed by atoms with Gasteiger partial charge in [-0.15, -0.1) is 0 Å². The maximum absolute atomic E-state index is 8.19. The Bertz CT molecular complexity index is 123. The second-order valence-electron chi connectivity index (χ2n) is 5.74. The topological polar surface area (TPSA) is 20.2 Å². The molecule has 0 aromatic heterocycles. The van der Waals surface area contributed by atoms with E-state index in [0.29, 0.717) is 0 Å². The van der Waals surface area contributed by atoms with Gasteiger partial charge in [0.1, 0.15) is 0 Å². The van der Waals surface area contributed by atoms with Crippen LogP contribution in [0.1, 0.15) is 79.1 Å². The highest BCUT2D eigenvalue weighted by Gasteiger charge is 2.05. The van der Waals surface area contributed by atoms with E-state index in [-0.39, 0.29) is 0 Å². The molecule has 0 saturated carbocycles. The highest BCUT2D eigenvalue weighted by Crippen LogP contribution is 2.20. The molecule has 0 amide bonds. The van der Waals surface area contributed by atoms with Crippen molar-refractivity contribution in [3.63, 3.8) is 0 Å². The molecule has 1 N–H and O–H groups in total. The molecular formula is C16H38OSi. The fraction of sp³-hybridized carbons (Fsp3) is 1.00. The van der Waals surface area contributed by atoms with Crippen LogP contribution in [-0.4, -0.2) is 13.8 Å². The zero-order valence-electron chi connectivity index (χ0n) is 13.8. The highest BCUT2D eigenvalue weighted by atomic mass is 28.3. The minimum Gasteiger partial charge on any atom is -0.435 e. The summed E-state index contributed by atoms with van der Waals surface area (Å²) in [4.78, 5) is 8.19. The molecule has 0 radical (unpaired) electrons. The average Bonchev–Trinajstić information content (AvgIpc) is 2.33. The minimum atomic E-state index is -1.14. The lowest BCUT2D eigenvalue weighted by atomic mass is 9.92. The van der Waals surface area contributed by atoms with E-state index in [1.165, 1.54) is 51.4 Å². The van der Waals surface area contributed by atoms with E-state index in [4.69, 9.17) is 4.80 Å². The van der Waals surface area contributed by atoms with Crippen molar-refractivity contribution in [2.75, 3.05) is 0 Å². The molecule has 0 rings (SSSR count). The quantitative estimate of drug-likeness (QED) is 0.442. The first-order valence-corrected chi connectivity index (χ1v) is 11.0. The molecule has 0 aromatic rings. The van der Waals surface area contributed by atoms with Crippen LogP contribution in [-0.2, 0) is 0 Å². The van der Waals surface area contributed by atoms with Crippen molar-refractivity contribution < 1.29 is 4.80 Å². The summed E-state index contributed by atoms with van der Waals surface area (Å²) in [6.07, 6.45) is 11.4. The van der Waals surface area contributed by atoms with Crippen LogP contribution >= 0.6 is 0 Å². The predicted molar refractivity (Wildman–Crippen MR) is 87.7 cm³/mol. The fourth-order valence-electron chi connectivity index (χ4n) is 2.26. The molecule has 0 aliphatic carbocycles. The Morgan fingerprint density at radius 3 is 1.11 bits per heavy atom. The van der Waals surface area contributed by atoms with Crippen molar-refractivity contribution in [1.29, 1.82) is 0 Å². The summed E-state index contributed by atoms with van der Waals surface area (Å²) >= 11 is 0. The summed E-state index contributed by atoms with van der Waals surface area (Å²) in [5.74, 6) is 1.99. The van der Waals surface area contributed by atoms with Crippen LogP contribution < -0.4 is 0 Å². The summed E-state index contributed by atoms with van der Waals surface area (Å²) in [5, 5.41) is 0. The summed E-state index contributed by atoms with van der Waals surface area (Å²) in [7, 11) is -1.14. The molecule has 0 aliphatic heterocycles. The van der Waals surface area contributed by atoms with Gasteiger partial charge in [-0.05, 0) is 24.9 Å². The maximum atomic E-state index is 8.19. The van der Waals surface area contributed by atoms with Crippen molar-refractivity contribution in [2.45, 2.75) is 92.2 Å². The summed E-state index contributed by atoms with van der Waals surface area (Å²) in [6.45, 7) is 13.0. The number of hydrogen-bond donors (Lipinski definition) is 1. The fourth-order valence-corrected chi connectivity index (χ4v) is 2.26. The lowest BCUT2D eigenvalue weighted by Gasteiger charge is -2.14. The van der Waals surface area contributed by atoms with Gasteiger partial charge >= 0.3 is 0 Å². The average molecular weight is 275 g/mol. The predicted octanol–water partition coefficient (Wildman–Crippen LogP) is 5.38. The monoisotopic (exact) mass is 274 g/mol. The second-order valence-corrected chi connectivity index (χ2v) is 7.93.